The van der Waals surface area contributed by atoms with Gasteiger partial charge >= 0.3 is 11.8 Å². The molecule has 0 aromatic heterocycles. The van der Waals surface area contributed by atoms with Gasteiger partial charge < -0.3 is 16.0 Å². The molecule has 0 aromatic rings. The van der Waals surface area contributed by atoms with Crippen molar-refractivity contribution in [3.05, 3.63) is 0 Å². The molecule has 0 aliphatic carbocycles. The van der Waals surface area contributed by atoms with Crippen molar-refractivity contribution in [3.8, 4) is 0 Å². The smallest absolute Gasteiger partial charge is 0.313 e. The minimum atomic E-state index is -0.952. The molecule has 1 rings (SSSR count). The second-order valence-corrected chi connectivity index (χ2v) is 4.44. The summed E-state index contributed by atoms with van der Waals surface area (Å²) in [7, 11) is 0. The van der Waals surface area contributed by atoms with Crippen molar-refractivity contribution in [1.82, 2.24) is 15.5 Å². The molecule has 1 aliphatic rings. The molecule has 104 valence electrons. The number of rotatable bonds is 3. The van der Waals surface area contributed by atoms with Crippen LogP contribution < -0.4 is 16.4 Å². The Kier molecular flexibility index (Phi) is 4.93. The maximum absolute atomic E-state index is 11.9. The van der Waals surface area contributed by atoms with Crippen LogP contribution in [-0.2, 0) is 19.2 Å². The second-order valence-electron chi connectivity index (χ2n) is 3.92. The van der Waals surface area contributed by atoms with E-state index in [-0.39, 0.29) is 18.1 Å². The van der Waals surface area contributed by atoms with Gasteiger partial charge in [0.1, 0.15) is 12.6 Å². The first-order valence-corrected chi connectivity index (χ1v) is 5.98. The third-order valence-electron chi connectivity index (χ3n) is 2.52. The number of amides is 4. The molecule has 4 amide bonds. The number of hydrogen-bond donors (Lipinski definition) is 3. The fourth-order valence-corrected chi connectivity index (χ4v) is 1.73. The summed E-state index contributed by atoms with van der Waals surface area (Å²) in [4.78, 5) is 47.2. The Morgan fingerprint density at radius 1 is 1.53 bits per heavy atom. The van der Waals surface area contributed by atoms with E-state index in [1.165, 1.54) is 0 Å². The van der Waals surface area contributed by atoms with Crippen LogP contribution in [0, 0.1) is 0 Å². The first-order valence-electron chi connectivity index (χ1n) is 5.57. The molecule has 1 fully saturated rings. The first kappa shape index (κ1) is 15.0. The van der Waals surface area contributed by atoms with Gasteiger partial charge in [0.05, 0.1) is 11.5 Å². The summed E-state index contributed by atoms with van der Waals surface area (Å²) >= 11 is 4.56. The Bertz CT molecular complexity index is 451. The maximum atomic E-state index is 11.9. The molecule has 0 saturated carbocycles. The van der Waals surface area contributed by atoms with Gasteiger partial charge in [-0.1, -0.05) is 19.1 Å². The van der Waals surface area contributed by atoms with Gasteiger partial charge in [-0.15, -0.1) is 0 Å². The monoisotopic (exact) mass is 286 g/mol. The Labute approximate surface area is 114 Å². The van der Waals surface area contributed by atoms with Crippen molar-refractivity contribution in [2.24, 2.45) is 5.73 Å². The van der Waals surface area contributed by atoms with Crippen LogP contribution in [-0.4, -0.2) is 52.6 Å². The van der Waals surface area contributed by atoms with E-state index < -0.39 is 29.7 Å². The average Bonchev–Trinajstić information content (AvgIpc) is 2.34. The Balaban J connectivity index is 2.77. The van der Waals surface area contributed by atoms with E-state index >= 15 is 0 Å². The molecule has 4 N–H and O–H groups in total. The van der Waals surface area contributed by atoms with E-state index in [0.29, 0.717) is 6.42 Å². The van der Waals surface area contributed by atoms with Crippen LogP contribution in [0.15, 0.2) is 0 Å². The molecule has 0 radical (unpaired) electrons. The second kappa shape index (κ2) is 6.23. The van der Waals surface area contributed by atoms with Crippen LogP contribution in [0.1, 0.15) is 13.3 Å². The molecule has 1 unspecified atom stereocenters. The van der Waals surface area contributed by atoms with Crippen LogP contribution >= 0.6 is 12.2 Å². The minimum Gasteiger partial charge on any atom is -0.392 e. The van der Waals surface area contributed by atoms with Gasteiger partial charge in [0.2, 0.25) is 11.8 Å². The van der Waals surface area contributed by atoms with Crippen molar-refractivity contribution < 1.29 is 19.2 Å². The summed E-state index contributed by atoms with van der Waals surface area (Å²) < 4.78 is 0. The van der Waals surface area contributed by atoms with E-state index in [1.54, 1.807) is 6.92 Å². The summed E-state index contributed by atoms with van der Waals surface area (Å²) in [5, 5.41) is 4.32. The summed E-state index contributed by atoms with van der Waals surface area (Å²) in [6.07, 6.45) is 0.299. The molecule has 1 heterocycles. The highest BCUT2D eigenvalue weighted by molar-refractivity contribution is 7.80. The lowest BCUT2D eigenvalue weighted by atomic mass is 10.1. The molecule has 1 saturated heterocycles. The largest absolute Gasteiger partial charge is 0.392 e. The zero-order valence-corrected chi connectivity index (χ0v) is 11.1. The maximum Gasteiger partial charge on any atom is 0.313 e. The third-order valence-corrected chi connectivity index (χ3v) is 2.66. The van der Waals surface area contributed by atoms with Crippen LogP contribution in [0.4, 0.5) is 0 Å². The molecule has 0 bridgehead atoms. The quantitative estimate of drug-likeness (QED) is 0.303. The van der Waals surface area contributed by atoms with Gasteiger partial charge in [-0.2, -0.15) is 0 Å². The zero-order valence-electron chi connectivity index (χ0n) is 10.3. The van der Waals surface area contributed by atoms with Crippen molar-refractivity contribution in [1.29, 1.82) is 0 Å². The number of carbonyl (C=O) groups is 4. The van der Waals surface area contributed by atoms with Gasteiger partial charge in [-0.3, -0.25) is 24.5 Å². The fourth-order valence-electron chi connectivity index (χ4n) is 1.66. The van der Waals surface area contributed by atoms with E-state index in [4.69, 9.17) is 5.73 Å². The predicted molar refractivity (Wildman–Crippen MR) is 68.7 cm³/mol. The lowest BCUT2D eigenvalue weighted by Gasteiger charge is -2.32. The Morgan fingerprint density at radius 3 is 2.68 bits per heavy atom. The number of piperazine rings is 1. The number of thiocarbonyl (C=S) groups is 1. The van der Waals surface area contributed by atoms with Gasteiger partial charge in [0.15, 0.2) is 0 Å². The predicted octanol–water partition coefficient (Wildman–Crippen LogP) is -2.35. The molecule has 1 aliphatic heterocycles. The Hall–Kier alpha value is -2.03. The number of nitrogens with two attached hydrogens (primary N) is 1. The summed E-state index contributed by atoms with van der Waals surface area (Å²) in [5.74, 6) is -3.11. The lowest BCUT2D eigenvalue weighted by molar-refractivity contribution is -0.154. The summed E-state index contributed by atoms with van der Waals surface area (Å²) in [5.41, 5.74) is 5.19. The van der Waals surface area contributed by atoms with E-state index in [2.05, 4.69) is 22.9 Å². The standard InChI is InChI=1S/C10H14N4O4S/c1-2-5-8(16)13-7(15)4-14(5)10(18)9(17)12-3-6(11)19/h5H,2-4H2,1H3,(H2,11,19)(H,12,17)(H,13,15,16). The van der Waals surface area contributed by atoms with Crippen molar-refractivity contribution >= 4 is 40.8 Å². The average molecular weight is 286 g/mol. The topological polar surface area (TPSA) is 122 Å². The fraction of sp³-hybridized carbons (Fsp3) is 0.500. The minimum absolute atomic E-state index is 0.0284. The molecule has 0 spiro atoms. The summed E-state index contributed by atoms with van der Waals surface area (Å²) in [6.45, 7) is 1.22. The lowest BCUT2D eigenvalue weighted by Crippen LogP contribution is -2.61. The van der Waals surface area contributed by atoms with Crippen molar-refractivity contribution in [2.75, 3.05) is 13.1 Å². The van der Waals surface area contributed by atoms with Gasteiger partial charge in [0, 0.05) is 0 Å². The van der Waals surface area contributed by atoms with Crippen molar-refractivity contribution in [3.63, 3.8) is 0 Å². The molecule has 9 heteroatoms. The molecule has 1 atom stereocenters. The van der Waals surface area contributed by atoms with Crippen LogP contribution in [0.2, 0.25) is 0 Å². The number of imide groups is 1. The van der Waals surface area contributed by atoms with E-state index in [0.717, 1.165) is 4.90 Å². The van der Waals surface area contributed by atoms with Gasteiger partial charge in [0.25, 0.3) is 0 Å². The van der Waals surface area contributed by atoms with Crippen LogP contribution in [0.5, 0.6) is 0 Å². The molecule has 19 heavy (non-hydrogen) atoms. The van der Waals surface area contributed by atoms with Crippen molar-refractivity contribution in [2.45, 2.75) is 19.4 Å². The van der Waals surface area contributed by atoms with Crippen LogP contribution in [0.3, 0.4) is 0 Å². The zero-order chi connectivity index (χ0) is 14.6. The number of nitrogens with zero attached hydrogens (tertiary/aromatic N) is 1. The van der Waals surface area contributed by atoms with Crippen LogP contribution in [0.25, 0.3) is 0 Å². The first-order chi connectivity index (χ1) is 8.86. The molecular formula is C10H14N4O4S. The van der Waals surface area contributed by atoms with E-state index in [9.17, 15) is 19.2 Å². The normalized spacial score (nSPS) is 18.8. The van der Waals surface area contributed by atoms with Gasteiger partial charge in [-0.25, -0.2) is 0 Å². The van der Waals surface area contributed by atoms with Gasteiger partial charge in [-0.05, 0) is 6.42 Å². The molecular weight excluding hydrogens is 272 g/mol. The highest BCUT2D eigenvalue weighted by Crippen LogP contribution is 2.09. The SMILES string of the molecule is CCC1C(=O)NC(=O)CN1C(=O)C(=O)NCC(N)=S. The molecule has 0 aromatic carbocycles. The number of carbonyl (C=O) groups excluding carboxylic acids is 4. The summed E-state index contributed by atoms with van der Waals surface area (Å²) in [6, 6.07) is -0.833. The Morgan fingerprint density at radius 2 is 2.16 bits per heavy atom. The number of nitrogens with one attached hydrogen (secondary N) is 2. The third kappa shape index (κ3) is 3.71. The highest BCUT2D eigenvalue weighted by atomic mass is 32.1. The van der Waals surface area contributed by atoms with E-state index in [1.807, 2.05) is 0 Å². The highest BCUT2D eigenvalue weighted by Gasteiger charge is 2.37. The number of hydrogen-bond acceptors (Lipinski definition) is 5. The molecule has 8 nitrogen and oxygen atoms in total.